The van der Waals surface area contributed by atoms with Crippen LogP contribution in [0.5, 0.6) is 0 Å². The molecule has 0 atom stereocenters. The molecule has 0 fully saturated rings. The number of benzene rings is 2. The van der Waals surface area contributed by atoms with E-state index < -0.39 is 15.8 Å². The molecular formula is C16H16FN3O2S. The van der Waals surface area contributed by atoms with Crippen LogP contribution in [0.4, 0.5) is 10.1 Å². The minimum Gasteiger partial charge on any atom is -0.283 e. The van der Waals surface area contributed by atoms with E-state index in [1.165, 1.54) is 6.07 Å². The highest BCUT2D eigenvalue weighted by Gasteiger charge is 2.15. The third kappa shape index (κ3) is 3.34. The van der Waals surface area contributed by atoms with E-state index >= 15 is 0 Å². The molecule has 1 heterocycles. The Balaban J connectivity index is 1.87. The summed E-state index contributed by atoms with van der Waals surface area (Å²) >= 11 is 0. The van der Waals surface area contributed by atoms with Crippen LogP contribution in [0, 0.1) is 19.7 Å². The van der Waals surface area contributed by atoms with E-state index in [1.807, 2.05) is 13.0 Å². The molecule has 2 aromatic carbocycles. The van der Waals surface area contributed by atoms with Gasteiger partial charge < -0.3 is 0 Å². The molecule has 3 aromatic rings. The second-order valence-corrected chi connectivity index (χ2v) is 7.29. The second kappa shape index (κ2) is 5.66. The van der Waals surface area contributed by atoms with Crippen LogP contribution in [0.3, 0.4) is 0 Å². The number of fused-ring (bicyclic) bond motifs is 1. The first-order valence-corrected chi connectivity index (χ1v) is 8.68. The summed E-state index contributed by atoms with van der Waals surface area (Å²) in [4.78, 5) is 0. The molecule has 0 unspecified atom stereocenters. The summed E-state index contributed by atoms with van der Waals surface area (Å²) < 4.78 is 40.8. The highest BCUT2D eigenvalue weighted by atomic mass is 32.2. The van der Waals surface area contributed by atoms with Crippen LogP contribution in [0.15, 0.2) is 36.5 Å². The van der Waals surface area contributed by atoms with Crippen LogP contribution in [-0.2, 0) is 15.8 Å². The minimum atomic E-state index is -3.64. The molecule has 5 nitrogen and oxygen atoms in total. The maximum atomic E-state index is 13.6. The number of aromatic nitrogens is 2. The van der Waals surface area contributed by atoms with E-state index in [1.54, 1.807) is 31.3 Å². The van der Waals surface area contributed by atoms with Crippen LogP contribution in [0.1, 0.15) is 16.7 Å². The zero-order valence-electron chi connectivity index (χ0n) is 12.7. The summed E-state index contributed by atoms with van der Waals surface area (Å²) in [6.45, 7) is 3.44. The number of anilines is 1. The smallest absolute Gasteiger partial charge is 0.236 e. The highest BCUT2D eigenvalue weighted by Crippen LogP contribution is 2.23. The molecule has 0 bridgehead atoms. The molecule has 7 heteroatoms. The van der Waals surface area contributed by atoms with Crippen molar-refractivity contribution in [3.05, 3.63) is 59.0 Å². The molecule has 23 heavy (non-hydrogen) atoms. The number of aromatic amines is 1. The van der Waals surface area contributed by atoms with Gasteiger partial charge in [0.05, 0.1) is 23.2 Å². The monoisotopic (exact) mass is 333 g/mol. The summed E-state index contributed by atoms with van der Waals surface area (Å²) in [6, 6.07) is 7.99. The van der Waals surface area contributed by atoms with Gasteiger partial charge in [-0.1, -0.05) is 12.1 Å². The van der Waals surface area contributed by atoms with Gasteiger partial charge in [0, 0.05) is 5.39 Å². The van der Waals surface area contributed by atoms with E-state index in [2.05, 4.69) is 14.9 Å². The van der Waals surface area contributed by atoms with Crippen molar-refractivity contribution >= 4 is 26.6 Å². The van der Waals surface area contributed by atoms with E-state index in [-0.39, 0.29) is 5.75 Å². The van der Waals surface area contributed by atoms with Crippen LogP contribution in [0.2, 0.25) is 0 Å². The Morgan fingerprint density at radius 2 is 1.96 bits per heavy atom. The topological polar surface area (TPSA) is 74.8 Å². The SMILES string of the molecule is Cc1ccc(CS(=O)(=O)Nc2cc3cn[nH]c3cc2C)cc1F. The number of hydrogen-bond donors (Lipinski definition) is 2. The van der Waals surface area contributed by atoms with Crippen molar-refractivity contribution in [3.63, 3.8) is 0 Å². The largest absolute Gasteiger partial charge is 0.283 e. The fourth-order valence-electron chi connectivity index (χ4n) is 2.36. The van der Waals surface area contributed by atoms with Crippen LogP contribution in [-0.4, -0.2) is 18.6 Å². The Kier molecular flexibility index (Phi) is 3.81. The standard InChI is InChI=1S/C16H16FN3O2S/c1-10-3-4-12(6-14(10)17)9-23(21,22)20-15-7-13-8-18-19-16(13)5-11(15)2/h3-8,20H,9H2,1-2H3,(H,18,19). The van der Waals surface area contributed by atoms with Crippen molar-refractivity contribution in [1.29, 1.82) is 0 Å². The Morgan fingerprint density at radius 3 is 2.70 bits per heavy atom. The van der Waals surface area contributed by atoms with E-state index in [4.69, 9.17) is 0 Å². The third-order valence-corrected chi connectivity index (χ3v) is 4.89. The van der Waals surface area contributed by atoms with Gasteiger partial charge in [0.1, 0.15) is 5.82 Å². The molecule has 0 aliphatic carbocycles. The van der Waals surface area contributed by atoms with Gasteiger partial charge in [-0.05, 0) is 48.7 Å². The summed E-state index contributed by atoms with van der Waals surface area (Å²) in [5.74, 6) is -0.693. The van der Waals surface area contributed by atoms with Crippen molar-refractivity contribution in [3.8, 4) is 0 Å². The zero-order chi connectivity index (χ0) is 16.6. The highest BCUT2D eigenvalue weighted by molar-refractivity contribution is 7.91. The Hall–Kier alpha value is -2.41. The lowest BCUT2D eigenvalue weighted by atomic mass is 10.1. The molecule has 0 spiro atoms. The van der Waals surface area contributed by atoms with E-state index in [9.17, 15) is 12.8 Å². The maximum Gasteiger partial charge on any atom is 0.236 e. The van der Waals surface area contributed by atoms with Crippen LogP contribution >= 0.6 is 0 Å². The Bertz CT molecular complexity index is 980. The molecule has 0 aliphatic rings. The average molecular weight is 333 g/mol. The number of rotatable bonds is 4. The Labute approximate surface area is 133 Å². The number of sulfonamides is 1. The zero-order valence-corrected chi connectivity index (χ0v) is 13.5. The number of nitrogens with zero attached hydrogens (tertiary/aromatic N) is 1. The fourth-order valence-corrected chi connectivity index (χ4v) is 3.60. The van der Waals surface area contributed by atoms with Gasteiger partial charge in [-0.15, -0.1) is 0 Å². The molecule has 0 saturated heterocycles. The van der Waals surface area contributed by atoms with E-state index in [0.717, 1.165) is 16.5 Å². The van der Waals surface area contributed by atoms with Gasteiger partial charge in [0.15, 0.2) is 0 Å². The quantitative estimate of drug-likeness (QED) is 0.769. The van der Waals surface area contributed by atoms with Crippen molar-refractivity contribution in [2.75, 3.05) is 4.72 Å². The van der Waals surface area contributed by atoms with Gasteiger partial charge in [0.2, 0.25) is 10.0 Å². The molecular weight excluding hydrogens is 317 g/mol. The minimum absolute atomic E-state index is 0.285. The molecule has 3 rings (SSSR count). The summed E-state index contributed by atoms with van der Waals surface area (Å²) in [5.41, 5.74) is 3.00. The average Bonchev–Trinajstić information content (AvgIpc) is 2.89. The first-order chi connectivity index (χ1) is 10.8. The predicted molar refractivity (Wildman–Crippen MR) is 88.2 cm³/mol. The number of nitrogens with one attached hydrogen (secondary N) is 2. The van der Waals surface area contributed by atoms with Gasteiger partial charge in [-0.3, -0.25) is 9.82 Å². The molecule has 0 radical (unpaired) electrons. The summed E-state index contributed by atoms with van der Waals surface area (Å²) in [7, 11) is -3.64. The molecule has 2 N–H and O–H groups in total. The van der Waals surface area contributed by atoms with Crippen molar-refractivity contribution in [2.45, 2.75) is 19.6 Å². The molecule has 0 aliphatic heterocycles. The second-order valence-electron chi connectivity index (χ2n) is 5.57. The van der Waals surface area contributed by atoms with Gasteiger partial charge >= 0.3 is 0 Å². The first-order valence-electron chi connectivity index (χ1n) is 7.03. The number of hydrogen-bond acceptors (Lipinski definition) is 3. The van der Waals surface area contributed by atoms with Crippen LogP contribution in [0.25, 0.3) is 10.9 Å². The fraction of sp³-hybridized carbons (Fsp3) is 0.188. The lowest BCUT2D eigenvalue weighted by Crippen LogP contribution is -2.16. The normalized spacial score (nSPS) is 11.8. The van der Waals surface area contributed by atoms with Gasteiger partial charge in [-0.2, -0.15) is 5.10 Å². The lowest BCUT2D eigenvalue weighted by Gasteiger charge is -2.11. The molecule has 1 aromatic heterocycles. The summed E-state index contributed by atoms with van der Waals surface area (Å²) in [6.07, 6.45) is 1.63. The van der Waals surface area contributed by atoms with Crippen molar-refractivity contribution in [2.24, 2.45) is 0 Å². The third-order valence-electron chi connectivity index (χ3n) is 3.64. The summed E-state index contributed by atoms with van der Waals surface area (Å²) in [5, 5.41) is 7.57. The number of halogens is 1. The van der Waals surface area contributed by atoms with Crippen LogP contribution < -0.4 is 4.72 Å². The Morgan fingerprint density at radius 1 is 1.17 bits per heavy atom. The molecule has 120 valence electrons. The number of H-pyrrole nitrogens is 1. The van der Waals surface area contributed by atoms with Gasteiger partial charge in [-0.25, -0.2) is 12.8 Å². The van der Waals surface area contributed by atoms with E-state index in [0.29, 0.717) is 16.8 Å². The maximum absolute atomic E-state index is 13.6. The number of aryl methyl sites for hydroxylation is 2. The first kappa shape index (κ1) is 15.5. The molecule has 0 saturated carbocycles. The van der Waals surface area contributed by atoms with Crippen molar-refractivity contribution in [1.82, 2.24) is 10.2 Å². The van der Waals surface area contributed by atoms with Gasteiger partial charge in [0.25, 0.3) is 0 Å². The lowest BCUT2D eigenvalue weighted by molar-refractivity contribution is 0.599. The van der Waals surface area contributed by atoms with Crippen molar-refractivity contribution < 1.29 is 12.8 Å². The molecule has 0 amide bonds. The predicted octanol–water partition coefficient (Wildman–Crippen LogP) is 3.26.